The molecule has 1 aliphatic rings. The largest absolute Gasteiger partial charge is 0.476 e. The molecule has 8 heteroatoms. The van der Waals surface area contributed by atoms with Gasteiger partial charge in [-0.25, -0.2) is 13.2 Å². The van der Waals surface area contributed by atoms with Crippen molar-refractivity contribution >= 4 is 27.4 Å². The van der Waals surface area contributed by atoms with Crippen molar-refractivity contribution in [2.75, 3.05) is 11.5 Å². The third-order valence-corrected chi connectivity index (χ3v) is 5.65. The minimum atomic E-state index is -3.09. The van der Waals surface area contributed by atoms with Gasteiger partial charge in [-0.2, -0.15) is 5.10 Å². The Balaban J connectivity index is 2.08. The van der Waals surface area contributed by atoms with Gasteiger partial charge in [-0.15, -0.1) is 0 Å². The minimum absolute atomic E-state index is 0.0195. The molecule has 116 valence electrons. The molecule has 22 heavy (non-hydrogen) atoms. The zero-order valence-corrected chi connectivity index (χ0v) is 13.0. The first-order valence-electron chi connectivity index (χ1n) is 6.65. The molecule has 3 rings (SSSR count). The Kier molecular flexibility index (Phi) is 3.70. The molecule has 0 aliphatic carbocycles. The van der Waals surface area contributed by atoms with Crippen LogP contribution in [-0.2, 0) is 9.84 Å². The minimum Gasteiger partial charge on any atom is -0.476 e. The van der Waals surface area contributed by atoms with Crippen LogP contribution in [0.3, 0.4) is 0 Å². The lowest BCUT2D eigenvalue weighted by Crippen LogP contribution is -2.14. The average Bonchev–Trinajstić information content (AvgIpc) is 3.03. The van der Waals surface area contributed by atoms with Crippen molar-refractivity contribution in [2.45, 2.75) is 12.5 Å². The second-order valence-corrected chi connectivity index (χ2v) is 7.89. The highest BCUT2D eigenvalue weighted by Gasteiger charge is 2.32. The van der Waals surface area contributed by atoms with Gasteiger partial charge in [-0.05, 0) is 30.2 Å². The van der Waals surface area contributed by atoms with Crippen molar-refractivity contribution in [1.82, 2.24) is 9.78 Å². The fourth-order valence-corrected chi connectivity index (χ4v) is 4.40. The number of carboxylic acids is 1. The number of aromatic carboxylic acids is 1. The molecule has 0 saturated carbocycles. The molecule has 1 aliphatic heterocycles. The third-order valence-electron chi connectivity index (χ3n) is 3.65. The van der Waals surface area contributed by atoms with E-state index in [0.29, 0.717) is 17.1 Å². The molecule has 1 atom stereocenters. The smallest absolute Gasteiger partial charge is 0.356 e. The highest BCUT2D eigenvalue weighted by molar-refractivity contribution is 7.91. The maximum absolute atomic E-state index is 11.7. The topological polar surface area (TPSA) is 89.3 Å². The van der Waals surface area contributed by atoms with Crippen LogP contribution in [0.1, 0.15) is 23.0 Å². The van der Waals surface area contributed by atoms with Crippen LogP contribution in [0, 0.1) is 0 Å². The van der Waals surface area contributed by atoms with E-state index in [9.17, 15) is 13.2 Å². The van der Waals surface area contributed by atoms with Gasteiger partial charge in [0.15, 0.2) is 15.5 Å². The van der Waals surface area contributed by atoms with Gasteiger partial charge in [0.25, 0.3) is 0 Å². The van der Waals surface area contributed by atoms with E-state index in [-0.39, 0.29) is 23.2 Å². The zero-order valence-electron chi connectivity index (χ0n) is 11.4. The first kappa shape index (κ1) is 15.1. The van der Waals surface area contributed by atoms with Crippen molar-refractivity contribution in [1.29, 1.82) is 0 Å². The Hall–Kier alpha value is -1.86. The molecular weight excluding hydrogens is 328 g/mol. The summed E-state index contributed by atoms with van der Waals surface area (Å²) in [5.74, 6) is -1.07. The Labute approximate surface area is 132 Å². The van der Waals surface area contributed by atoms with Gasteiger partial charge in [-0.3, -0.25) is 4.68 Å². The molecule has 1 aromatic heterocycles. The summed E-state index contributed by atoms with van der Waals surface area (Å²) < 4.78 is 24.9. The third kappa shape index (κ3) is 2.86. The van der Waals surface area contributed by atoms with E-state index in [1.807, 2.05) is 0 Å². The molecule has 1 fully saturated rings. The average molecular weight is 341 g/mol. The SMILES string of the molecule is O=C(O)c1cc(-c2ccc(Cl)cc2)n(C2CCS(=O)(=O)C2)n1. The highest BCUT2D eigenvalue weighted by Crippen LogP contribution is 2.30. The summed E-state index contributed by atoms with van der Waals surface area (Å²) in [6.45, 7) is 0. The Bertz CT molecular complexity index is 827. The number of carbonyl (C=O) groups is 1. The van der Waals surface area contributed by atoms with Gasteiger partial charge in [0, 0.05) is 5.02 Å². The van der Waals surface area contributed by atoms with Crippen molar-refractivity contribution in [3.05, 3.63) is 41.0 Å². The molecule has 6 nitrogen and oxygen atoms in total. The lowest BCUT2D eigenvalue weighted by atomic mass is 10.1. The van der Waals surface area contributed by atoms with Gasteiger partial charge in [0.05, 0.1) is 23.2 Å². The standard InChI is InChI=1S/C14H13ClN2O4S/c15-10-3-1-9(2-4-10)13-7-12(14(18)19)16-17(13)11-5-6-22(20,21)8-11/h1-4,7,11H,5-6,8H2,(H,18,19). The van der Waals surface area contributed by atoms with Crippen molar-refractivity contribution < 1.29 is 18.3 Å². The number of rotatable bonds is 3. The number of hydrogen-bond acceptors (Lipinski definition) is 4. The van der Waals surface area contributed by atoms with Crippen LogP contribution >= 0.6 is 11.6 Å². The van der Waals surface area contributed by atoms with E-state index >= 15 is 0 Å². The van der Waals surface area contributed by atoms with E-state index in [1.54, 1.807) is 24.3 Å². The highest BCUT2D eigenvalue weighted by atomic mass is 35.5. The Morgan fingerprint density at radius 2 is 2.00 bits per heavy atom. The lowest BCUT2D eigenvalue weighted by Gasteiger charge is -2.13. The number of sulfone groups is 1. The summed E-state index contributed by atoms with van der Waals surface area (Å²) in [6.07, 6.45) is 0.434. The maximum atomic E-state index is 11.7. The summed E-state index contributed by atoms with van der Waals surface area (Å²) in [4.78, 5) is 11.2. The quantitative estimate of drug-likeness (QED) is 0.925. The second kappa shape index (κ2) is 5.40. The van der Waals surface area contributed by atoms with E-state index < -0.39 is 15.8 Å². The fraction of sp³-hybridized carbons (Fsp3) is 0.286. The van der Waals surface area contributed by atoms with Crippen LogP contribution in [0.5, 0.6) is 0 Å². The molecule has 1 N–H and O–H groups in total. The molecule has 0 bridgehead atoms. The first-order valence-corrected chi connectivity index (χ1v) is 8.85. The monoisotopic (exact) mass is 340 g/mol. The molecule has 0 spiro atoms. The van der Waals surface area contributed by atoms with Crippen LogP contribution in [0.2, 0.25) is 5.02 Å². The maximum Gasteiger partial charge on any atom is 0.356 e. The molecule has 2 heterocycles. The fourth-order valence-electron chi connectivity index (χ4n) is 2.58. The summed E-state index contributed by atoms with van der Waals surface area (Å²) >= 11 is 5.86. The van der Waals surface area contributed by atoms with Crippen molar-refractivity contribution in [3.8, 4) is 11.3 Å². The van der Waals surface area contributed by atoms with Crippen LogP contribution in [0.4, 0.5) is 0 Å². The summed E-state index contributed by atoms with van der Waals surface area (Å²) in [5, 5.41) is 13.8. The molecule has 1 unspecified atom stereocenters. The van der Waals surface area contributed by atoms with Gasteiger partial charge < -0.3 is 5.11 Å². The van der Waals surface area contributed by atoms with E-state index in [1.165, 1.54) is 10.7 Å². The number of halogens is 1. The summed E-state index contributed by atoms with van der Waals surface area (Å²) in [6, 6.07) is 8.01. The van der Waals surface area contributed by atoms with Gasteiger partial charge >= 0.3 is 5.97 Å². The normalized spacial score (nSPS) is 20.1. The zero-order chi connectivity index (χ0) is 15.9. The molecule has 1 saturated heterocycles. The Morgan fingerprint density at radius 1 is 1.32 bits per heavy atom. The van der Waals surface area contributed by atoms with E-state index in [4.69, 9.17) is 16.7 Å². The molecule has 2 aromatic rings. The lowest BCUT2D eigenvalue weighted by molar-refractivity contribution is 0.0689. The molecule has 1 aromatic carbocycles. The van der Waals surface area contributed by atoms with Crippen molar-refractivity contribution in [3.63, 3.8) is 0 Å². The molecular formula is C14H13ClN2O4S. The van der Waals surface area contributed by atoms with Gasteiger partial charge in [0.1, 0.15) is 0 Å². The first-order chi connectivity index (χ1) is 10.4. The van der Waals surface area contributed by atoms with E-state index in [0.717, 1.165) is 5.56 Å². The van der Waals surface area contributed by atoms with Crippen LogP contribution in [-0.4, -0.2) is 40.8 Å². The summed E-state index contributed by atoms with van der Waals surface area (Å²) in [5.41, 5.74) is 1.22. The molecule has 0 radical (unpaired) electrons. The number of nitrogens with zero attached hydrogens (tertiary/aromatic N) is 2. The van der Waals surface area contributed by atoms with Crippen molar-refractivity contribution in [2.24, 2.45) is 0 Å². The predicted molar refractivity (Wildman–Crippen MR) is 81.9 cm³/mol. The number of aromatic nitrogens is 2. The van der Waals surface area contributed by atoms with Crippen LogP contribution < -0.4 is 0 Å². The van der Waals surface area contributed by atoms with Gasteiger partial charge in [0.2, 0.25) is 0 Å². The number of benzene rings is 1. The van der Waals surface area contributed by atoms with Gasteiger partial charge in [-0.1, -0.05) is 23.7 Å². The number of hydrogen-bond donors (Lipinski definition) is 1. The summed E-state index contributed by atoms with van der Waals surface area (Å²) in [7, 11) is -3.09. The predicted octanol–water partition coefficient (Wildman–Crippen LogP) is 2.26. The van der Waals surface area contributed by atoms with Crippen LogP contribution in [0.25, 0.3) is 11.3 Å². The van der Waals surface area contributed by atoms with Crippen LogP contribution in [0.15, 0.2) is 30.3 Å². The Morgan fingerprint density at radius 3 is 2.55 bits per heavy atom. The molecule has 0 amide bonds. The number of carboxylic acid groups (broad SMARTS) is 1. The van der Waals surface area contributed by atoms with E-state index in [2.05, 4.69) is 5.10 Å². The second-order valence-electron chi connectivity index (χ2n) is 5.23.